The number of phenols is 1. The van der Waals surface area contributed by atoms with Crippen molar-refractivity contribution >= 4 is 17.9 Å². The zero-order chi connectivity index (χ0) is 13.0. The summed E-state index contributed by atoms with van der Waals surface area (Å²) in [5.74, 6) is -0.748. The maximum atomic E-state index is 10.7. The molecule has 18 heavy (non-hydrogen) atoms. The van der Waals surface area contributed by atoms with Crippen LogP contribution in [0.25, 0.3) is 0 Å². The topological polar surface area (TPSA) is 69.9 Å². The van der Waals surface area contributed by atoms with E-state index in [9.17, 15) is 4.79 Å². The molecule has 0 amide bonds. The van der Waals surface area contributed by atoms with Gasteiger partial charge in [-0.3, -0.25) is 4.99 Å². The van der Waals surface area contributed by atoms with Crippen LogP contribution in [-0.4, -0.2) is 22.4 Å². The highest BCUT2D eigenvalue weighted by molar-refractivity contribution is 5.88. The van der Waals surface area contributed by atoms with E-state index in [2.05, 4.69) is 4.99 Å². The molecule has 2 rings (SSSR count). The fourth-order valence-corrected chi connectivity index (χ4v) is 1.40. The summed E-state index contributed by atoms with van der Waals surface area (Å²) in [5, 5.41) is 17.9. The molecule has 0 spiro atoms. The minimum absolute atomic E-state index is 0.206. The summed E-state index contributed by atoms with van der Waals surface area (Å²) in [5.41, 5.74) is 1.77. The molecular formula is C14H11NO3. The summed E-state index contributed by atoms with van der Waals surface area (Å²) in [6, 6.07) is 12.9. The van der Waals surface area contributed by atoms with Gasteiger partial charge in [-0.05, 0) is 54.1 Å². The van der Waals surface area contributed by atoms with Crippen LogP contribution < -0.4 is 0 Å². The summed E-state index contributed by atoms with van der Waals surface area (Å²) in [6.45, 7) is 0. The minimum atomic E-state index is -0.955. The lowest BCUT2D eigenvalue weighted by Crippen LogP contribution is -1.94. The molecular weight excluding hydrogens is 230 g/mol. The number of carboxylic acid groups (broad SMARTS) is 1. The summed E-state index contributed by atoms with van der Waals surface area (Å²) >= 11 is 0. The van der Waals surface area contributed by atoms with Gasteiger partial charge >= 0.3 is 5.97 Å². The van der Waals surface area contributed by atoms with Crippen LogP contribution in [0.15, 0.2) is 53.5 Å². The molecule has 90 valence electrons. The second-order valence-electron chi connectivity index (χ2n) is 3.70. The van der Waals surface area contributed by atoms with Crippen molar-refractivity contribution in [2.45, 2.75) is 0 Å². The molecule has 0 fully saturated rings. The monoisotopic (exact) mass is 241 g/mol. The maximum Gasteiger partial charge on any atom is 0.335 e. The Morgan fingerprint density at radius 2 is 1.61 bits per heavy atom. The molecule has 0 heterocycles. The zero-order valence-electron chi connectivity index (χ0n) is 9.45. The van der Waals surface area contributed by atoms with Gasteiger partial charge in [0.15, 0.2) is 0 Å². The lowest BCUT2D eigenvalue weighted by atomic mass is 10.2. The van der Waals surface area contributed by atoms with Gasteiger partial charge in [0.05, 0.1) is 11.3 Å². The van der Waals surface area contributed by atoms with Gasteiger partial charge in [0.25, 0.3) is 0 Å². The van der Waals surface area contributed by atoms with Gasteiger partial charge < -0.3 is 10.2 Å². The lowest BCUT2D eigenvalue weighted by Gasteiger charge is -1.96. The minimum Gasteiger partial charge on any atom is -0.508 e. The Kier molecular flexibility index (Phi) is 3.38. The van der Waals surface area contributed by atoms with Gasteiger partial charge in [-0.15, -0.1) is 0 Å². The Balaban J connectivity index is 2.13. The first kappa shape index (κ1) is 11.9. The quantitative estimate of drug-likeness (QED) is 0.812. The molecule has 0 aromatic heterocycles. The fourth-order valence-electron chi connectivity index (χ4n) is 1.40. The van der Waals surface area contributed by atoms with Crippen molar-refractivity contribution in [3.63, 3.8) is 0 Å². The third-order valence-corrected chi connectivity index (χ3v) is 2.37. The van der Waals surface area contributed by atoms with Gasteiger partial charge in [-0.2, -0.15) is 0 Å². The number of aromatic hydroxyl groups is 1. The highest BCUT2D eigenvalue weighted by Crippen LogP contribution is 2.14. The van der Waals surface area contributed by atoms with Gasteiger partial charge in [0.1, 0.15) is 5.75 Å². The molecule has 0 aliphatic heterocycles. The first-order valence-electron chi connectivity index (χ1n) is 5.31. The van der Waals surface area contributed by atoms with Crippen LogP contribution in [0.3, 0.4) is 0 Å². The molecule has 0 aliphatic rings. The Morgan fingerprint density at radius 1 is 1.00 bits per heavy atom. The van der Waals surface area contributed by atoms with Gasteiger partial charge in [-0.1, -0.05) is 0 Å². The highest BCUT2D eigenvalue weighted by Gasteiger charge is 2.00. The Bertz CT molecular complexity index is 571. The molecule has 0 bridgehead atoms. The normalized spacial score (nSPS) is 10.7. The average molecular weight is 241 g/mol. The molecule has 0 unspecified atom stereocenters. The molecule has 2 aromatic carbocycles. The van der Waals surface area contributed by atoms with Crippen LogP contribution in [0, 0.1) is 0 Å². The Hall–Kier alpha value is -2.62. The zero-order valence-corrected chi connectivity index (χ0v) is 9.45. The molecule has 0 radical (unpaired) electrons. The number of benzene rings is 2. The van der Waals surface area contributed by atoms with Gasteiger partial charge in [0, 0.05) is 6.21 Å². The predicted molar refractivity (Wildman–Crippen MR) is 68.8 cm³/mol. The summed E-state index contributed by atoms with van der Waals surface area (Å²) in [4.78, 5) is 14.9. The second-order valence-corrected chi connectivity index (χ2v) is 3.70. The molecule has 0 aliphatic carbocycles. The van der Waals surface area contributed by atoms with Crippen LogP contribution >= 0.6 is 0 Å². The van der Waals surface area contributed by atoms with Crippen LogP contribution in [-0.2, 0) is 0 Å². The van der Waals surface area contributed by atoms with Crippen LogP contribution in [0.2, 0.25) is 0 Å². The summed E-state index contributed by atoms with van der Waals surface area (Å²) < 4.78 is 0. The van der Waals surface area contributed by atoms with E-state index >= 15 is 0 Å². The number of rotatable bonds is 3. The third-order valence-electron chi connectivity index (χ3n) is 2.37. The lowest BCUT2D eigenvalue weighted by molar-refractivity contribution is 0.0697. The second kappa shape index (κ2) is 5.14. The first-order chi connectivity index (χ1) is 8.65. The number of carbonyl (C=O) groups is 1. The Morgan fingerprint density at radius 3 is 2.17 bits per heavy atom. The molecule has 0 saturated carbocycles. The van der Waals surface area contributed by atoms with E-state index in [1.807, 2.05) is 0 Å². The van der Waals surface area contributed by atoms with E-state index in [-0.39, 0.29) is 11.3 Å². The van der Waals surface area contributed by atoms with E-state index in [4.69, 9.17) is 10.2 Å². The summed E-state index contributed by atoms with van der Waals surface area (Å²) in [6.07, 6.45) is 1.65. The Labute approximate surface area is 104 Å². The average Bonchev–Trinajstić information content (AvgIpc) is 2.38. The fraction of sp³-hybridized carbons (Fsp3) is 0. The SMILES string of the molecule is O=C(O)c1ccc(/N=C\c2ccc(O)cc2)cc1. The maximum absolute atomic E-state index is 10.7. The van der Waals surface area contributed by atoms with E-state index in [1.165, 1.54) is 12.1 Å². The number of nitrogens with zero attached hydrogens (tertiary/aromatic N) is 1. The molecule has 2 N–H and O–H groups in total. The first-order valence-corrected chi connectivity index (χ1v) is 5.31. The number of hydrogen-bond donors (Lipinski definition) is 2. The van der Waals surface area contributed by atoms with Crippen LogP contribution in [0.4, 0.5) is 5.69 Å². The molecule has 4 nitrogen and oxygen atoms in total. The van der Waals surface area contributed by atoms with E-state index in [0.29, 0.717) is 5.69 Å². The van der Waals surface area contributed by atoms with Crippen molar-refractivity contribution in [2.24, 2.45) is 4.99 Å². The standard InChI is InChI=1S/C14H11NO3/c16-13-7-1-10(2-8-13)9-15-12-5-3-11(4-6-12)14(17)18/h1-9,16H,(H,17,18)/b15-9-. The number of carboxylic acids is 1. The smallest absolute Gasteiger partial charge is 0.335 e. The largest absolute Gasteiger partial charge is 0.508 e. The van der Waals surface area contributed by atoms with E-state index < -0.39 is 5.97 Å². The molecule has 4 heteroatoms. The van der Waals surface area contributed by atoms with Crippen molar-refractivity contribution in [3.8, 4) is 5.75 Å². The van der Waals surface area contributed by atoms with Crippen molar-refractivity contribution < 1.29 is 15.0 Å². The highest BCUT2D eigenvalue weighted by atomic mass is 16.4. The number of aliphatic imine (C=N–C) groups is 1. The number of aromatic carboxylic acids is 1. The van der Waals surface area contributed by atoms with Crippen LogP contribution in [0.1, 0.15) is 15.9 Å². The molecule has 0 atom stereocenters. The number of hydrogen-bond acceptors (Lipinski definition) is 3. The van der Waals surface area contributed by atoms with E-state index in [1.54, 1.807) is 42.6 Å². The summed E-state index contributed by atoms with van der Waals surface area (Å²) in [7, 11) is 0. The number of phenolic OH excluding ortho intramolecular Hbond substituents is 1. The van der Waals surface area contributed by atoms with Crippen molar-refractivity contribution in [1.82, 2.24) is 0 Å². The van der Waals surface area contributed by atoms with Crippen LogP contribution in [0.5, 0.6) is 5.75 Å². The van der Waals surface area contributed by atoms with Crippen molar-refractivity contribution in [1.29, 1.82) is 0 Å². The van der Waals surface area contributed by atoms with Crippen molar-refractivity contribution in [3.05, 3.63) is 59.7 Å². The van der Waals surface area contributed by atoms with Gasteiger partial charge in [0.2, 0.25) is 0 Å². The predicted octanol–water partition coefficient (Wildman–Crippen LogP) is 2.84. The third kappa shape index (κ3) is 2.95. The van der Waals surface area contributed by atoms with Crippen molar-refractivity contribution in [2.75, 3.05) is 0 Å². The van der Waals surface area contributed by atoms with Gasteiger partial charge in [-0.25, -0.2) is 4.79 Å². The molecule has 2 aromatic rings. The molecule has 0 saturated heterocycles. The van der Waals surface area contributed by atoms with E-state index in [0.717, 1.165) is 5.56 Å².